The van der Waals surface area contributed by atoms with E-state index in [4.69, 9.17) is 14.2 Å². The Labute approximate surface area is 129 Å². The third-order valence-corrected chi connectivity index (χ3v) is 3.59. The topological polar surface area (TPSA) is 65.1 Å². The molecular formula is C17H20O5. The Morgan fingerprint density at radius 3 is 2.59 bits per heavy atom. The van der Waals surface area contributed by atoms with Crippen molar-refractivity contribution in [2.75, 3.05) is 13.2 Å². The van der Waals surface area contributed by atoms with Crippen LogP contribution in [0.25, 0.3) is 0 Å². The molecule has 22 heavy (non-hydrogen) atoms. The van der Waals surface area contributed by atoms with Crippen molar-refractivity contribution in [3.8, 4) is 5.75 Å². The number of allylic oxidation sites excluding steroid dienone is 1. The van der Waals surface area contributed by atoms with E-state index < -0.39 is 11.6 Å². The van der Waals surface area contributed by atoms with Crippen molar-refractivity contribution in [2.45, 2.75) is 33.3 Å². The number of ether oxygens (including phenoxy) is 3. The Morgan fingerprint density at radius 2 is 2.05 bits per heavy atom. The summed E-state index contributed by atoms with van der Waals surface area (Å²) in [4.78, 5) is 23.0. The number of aryl methyl sites for hydroxylation is 1. The second kappa shape index (κ2) is 6.32. The highest BCUT2D eigenvalue weighted by molar-refractivity contribution is 5.89. The third-order valence-electron chi connectivity index (χ3n) is 3.59. The second-order valence-electron chi connectivity index (χ2n) is 5.42. The second-order valence-corrected chi connectivity index (χ2v) is 5.42. The number of epoxide rings is 1. The van der Waals surface area contributed by atoms with Crippen LogP contribution in [0.2, 0.25) is 0 Å². The summed E-state index contributed by atoms with van der Waals surface area (Å²) >= 11 is 0. The smallest absolute Gasteiger partial charge is 0.338 e. The van der Waals surface area contributed by atoms with Crippen molar-refractivity contribution in [2.24, 2.45) is 0 Å². The lowest BCUT2D eigenvalue weighted by atomic mass is 9.98. The average molecular weight is 304 g/mol. The summed E-state index contributed by atoms with van der Waals surface area (Å²) in [5.41, 5.74) is 1.50. The van der Waals surface area contributed by atoms with Crippen molar-refractivity contribution >= 4 is 11.9 Å². The van der Waals surface area contributed by atoms with Gasteiger partial charge in [0.25, 0.3) is 0 Å². The summed E-state index contributed by atoms with van der Waals surface area (Å²) in [6.07, 6.45) is 1.69. The Balaban J connectivity index is 2.28. The van der Waals surface area contributed by atoms with Crippen LogP contribution in [-0.2, 0) is 24.7 Å². The number of carbonyl (C=O) groups is 2. The zero-order chi connectivity index (χ0) is 16.3. The summed E-state index contributed by atoms with van der Waals surface area (Å²) in [6.45, 7) is 7.27. The van der Waals surface area contributed by atoms with Crippen LogP contribution in [-0.4, -0.2) is 25.2 Å². The van der Waals surface area contributed by atoms with E-state index in [0.29, 0.717) is 17.9 Å². The molecule has 0 saturated carbocycles. The molecule has 1 heterocycles. The fourth-order valence-electron chi connectivity index (χ4n) is 2.01. The first-order valence-corrected chi connectivity index (χ1v) is 7.11. The first-order valence-electron chi connectivity index (χ1n) is 7.11. The number of hydrogen-bond acceptors (Lipinski definition) is 5. The molecule has 1 aliphatic heterocycles. The van der Waals surface area contributed by atoms with Crippen molar-refractivity contribution in [3.05, 3.63) is 41.0 Å². The first kappa shape index (κ1) is 16.2. The third kappa shape index (κ3) is 3.54. The number of hydrogen-bond donors (Lipinski definition) is 0. The number of carbonyl (C=O) groups excluding carboxylic acids is 2. The molecule has 0 bridgehead atoms. The molecule has 1 fully saturated rings. The van der Waals surface area contributed by atoms with E-state index in [1.54, 1.807) is 26.0 Å². The molecule has 118 valence electrons. The highest BCUT2D eigenvalue weighted by atomic mass is 16.6. The quantitative estimate of drug-likeness (QED) is 0.362. The molecule has 1 unspecified atom stereocenters. The summed E-state index contributed by atoms with van der Waals surface area (Å²) in [5, 5.41) is 0. The SMILES string of the molecule is C/C=C(/C)C(=O)Oc1cc(C)ccc1C1(COC(C)=O)CO1. The van der Waals surface area contributed by atoms with Gasteiger partial charge in [-0.2, -0.15) is 0 Å². The molecule has 0 aliphatic carbocycles. The minimum Gasteiger partial charge on any atom is -0.462 e. The van der Waals surface area contributed by atoms with Crippen LogP contribution in [0.1, 0.15) is 31.9 Å². The van der Waals surface area contributed by atoms with E-state index in [1.165, 1.54) is 6.92 Å². The molecule has 1 saturated heterocycles. The van der Waals surface area contributed by atoms with Gasteiger partial charge in [0.2, 0.25) is 0 Å². The predicted molar refractivity (Wildman–Crippen MR) is 80.5 cm³/mol. The Morgan fingerprint density at radius 1 is 1.36 bits per heavy atom. The van der Waals surface area contributed by atoms with Crippen molar-refractivity contribution in [1.82, 2.24) is 0 Å². The van der Waals surface area contributed by atoms with E-state index >= 15 is 0 Å². The van der Waals surface area contributed by atoms with Gasteiger partial charge in [-0.1, -0.05) is 18.2 Å². The van der Waals surface area contributed by atoms with Gasteiger partial charge < -0.3 is 14.2 Å². The van der Waals surface area contributed by atoms with Crippen molar-refractivity contribution in [1.29, 1.82) is 0 Å². The molecule has 0 spiro atoms. The van der Waals surface area contributed by atoms with Crippen LogP contribution in [0.15, 0.2) is 29.8 Å². The molecular weight excluding hydrogens is 284 g/mol. The van der Waals surface area contributed by atoms with Crippen LogP contribution in [0.5, 0.6) is 5.75 Å². The number of rotatable bonds is 5. The van der Waals surface area contributed by atoms with E-state index in [0.717, 1.165) is 11.1 Å². The van der Waals surface area contributed by atoms with Gasteiger partial charge >= 0.3 is 11.9 Å². The Hall–Kier alpha value is -2.14. The van der Waals surface area contributed by atoms with Gasteiger partial charge in [0, 0.05) is 18.1 Å². The lowest BCUT2D eigenvalue weighted by molar-refractivity contribution is -0.143. The molecule has 2 rings (SSSR count). The molecule has 0 aromatic heterocycles. The monoisotopic (exact) mass is 304 g/mol. The Bertz CT molecular complexity index is 626. The highest BCUT2D eigenvalue weighted by Crippen LogP contribution is 2.44. The summed E-state index contributed by atoms with van der Waals surface area (Å²) < 4.78 is 16.0. The van der Waals surface area contributed by atoms with Gasteiger partial charge in [-0.25, -0.2) is 4.79 Å². The zero-order valence-corrected chi connectivity index (χ0v) is 13.3. The standard InChI is InChI=1S/C17H20O5/c1-5-12(3)16(19)22-15-8-11(2)6-7-14(15)17(10-21-17)9-20-13(4)18/h5-8H,9-10H2,1-4H3/b12-5-. The van der Waals surface area contributed by atoms with Crippen molar-refractivity contribution < 1.29 is 23.8 Å². The van der Waals surface area contributed by atoms with E-state index in [1.807, 2.05) is 19.1 Å². The molecule has 1 aromatic carbocycles. The van der Waals surface area contributed by atoms with Crippen LogP contribution < -0.4 is 4.74 Å². The largest absolute Gasteiger partial charge is 0.462 e. The molecule has 0 radical (unpaired) electrons. The van der Waals surface area contributed by atoms with E-state index in [2.05, 4.69) is 0 Å². The lowest BCUT2D eigenvalue weighted by Crippen LogP contribution is -2.21. The van der Waals surface area contributed by atoms with Gasteiger partial charge in [0.1, 0.15) is 12.4 Å². The zero-order valence-electron chi connectivity index (χ0n) is 13.3. The number of benzene rings is 1. The fourth-order valence-corrected chi connectivity index (χ4v) is 2.01. The average Bonchev–Trinajstić information content (AvgIpc) is 3.25. The first-order chi connectivity index (χ1) is 10.4. The summed E-state index contributed by atoms with van der Waals surface area (Å²) in [7, 11) is 0. The van der Waals surface area contributed by atoms with Crippen LogP contribution >= 0.6 is 0 Å². The van der Waals surface area contributed by atoms with Gasteiger partial charge in [-0.05, 0) is 32.4 Å². The van der Waals surface area contributed by atoms with E-state index in [-0.39, 0.29) is 12.6 Å². The molecule has 0 N–H and O–H groups in total. The van der Waals surface area contributed by atoms with Gasteiger partial charge in [-0.15, -0.1) is 0 Å². The Kier molecular flexibility index (Phi) is 4.66. The van der Waals surface area contributed by atoms with Gasteiger partial charge in [0.15, 0.2) is 5.60 Å². The molecule has 5 nitrogen and oxygen atoms in total. The predicted octanol–water partition coefficient (Wildman–Crippen LogP) is 2.66. The fraction of sp³-hybridized carbons (Fsp3) is 0.412. The minimum atomic E-state index is -0.710. The normalized spacial score (nSPS) is 20.5. The molecule has 1 atom stereocenters. The van der Waals surface area contributed by atoms with Gasteiger partial charge in [0.05, 0.1) is 6.61 Å². The molecule has 5 heteroatoms. The molecule has 0 amide bonds. The highest BCUT2D eigenvalue weighted by Gasteiger charge is 2.50. The maximum absolute atomic E-state index is 12.0. The summed E-state index contributed by atoms with van der Waals surface area (Å²) in [5.74, 6) is -0.334. The maximum Gasteiger partial charge on any atom is 0.338 e. The summed E-state index contributed by atoms with van der Waals surface area (Å²) in [6, 6.07) is 5.54. The van der Waals surface area contributed by atoms with Crippen molar-refractivity contribution in [3.63, 3.8) is 0 Å². The molecule has 1 aromatic rings. The van der Waals surface area contributed by atoms with Crippen LogP contribution in [0.4, 0.5) is 0 Å². The minimum absolute atomic E-state index is 0.110. The van der Waals surface area contributed by atoms with Crippen LogP contribution in [0, 0.1) is 6.92 Å². The lowest BCUT2D eigenvalue weighted by Gasteiger charge is -2.17. The number of esters is 2. The van der Waals surface area contributed by atoms with Gasteiger partial charge in [-0.3, -0.25) is 4.79 Å². The molecule has 1 aliphatic rings. The maximum atomic E-state index is 12.0. The van der Waals surface area contributed by atoms with E-state index in [9.17, 15) is 9.59 Å². The van der Waals surface area contributed by atoms with Crippen LogP contribution in [0.3, 0.4) is 0 Å².